The van der Waals surface area contributed by atoms with Crippen LogP contribution in [0.15, 0.2) is 18.2 Å². The Morgan fingerprint density at radius 1 is 1.30 bits per heavy atom. The van der Waals surface area contributed by atoms with Crippen LogP contribution in [0.4, 0.5) is 0 Å². The average Bonchev–Trinajstić information content (AvgIpc) is 2.86. The Labute approximate surface area is 117 Å². The molecule has 1 aromatic carbocycles. The van der Waals surface area contributed by atoms with Gasteiger partial charge in [-0.2, -0.15) is 0 Å². The van der Waals surface area contributed by atoms with Gasteiger partial charge in [-0.3, -0.25) is 9.59 Å². The van der Waals surface area contributed by atoms with Crippen molar-refractivity contribution in [3.05, 3.63) is 29.3 Å². The molecule has 2 rings (SSSR count). The second-order valence-corrected chi connectivity index (χ2v) is 5.47. The standard InChI is InChI=1S/C15H19NO4/c1-10-8-11(17)4-5-12(10)13(18)16-9-15(14(19)20)6-2-3-7-15/h4-5,8,17H,2-3,6-7,9H2,1H3,(H,16,18)(H,19,20). The van der Waals surface area contributed by atoms with Gasteiger partial charge in [-0.1, -0.05) is 12.8 Å². The Morgan fingerprint density at radius 3 is 2.50 bits per heavy atom. The van der Waals surface area contributed by atoms with Crippen molar-refractivity contribution in [2.24, 2.45) is 5.41 Å². The summed E-state index contributed by atoms with van der Waals surface area (Å²) in [6, 6.07) is 4.50. The number of hydrogen-bond donors (Lipinski definition) is 3. The van der Waals surface area contributed by atoms with Crippen molar-refractivity contribution >= 4 is 11.9 Å². The number of aliphatic carboxylic acids is 1. The molecule has 0 bridgehead atoms. The largest absolute Gasteiger partial charge is 0.508 e. The van der Waals surface area contributed by atoms with Crippen molar-refractivity contribution in [3.63, 3.8) is 0 Å². The van der Waals surface area contributed by atoms with Crippen LogP contribution in [-0.2, 0) is 4.79 Å². The van der Waals surface area contributed by atoms with Crippen LogP contribution in [0.2, 0.25) is 0 Å². The van der Waals surface area contributed by atoms with E-state index in [4.69, 9.17) is 0 Å². The van der Waals surface area contributed by atoms with Gasteiger partial charge in [-0.05, 0) is 43.5 Å². The Morgan fingerprint density at radius 2 is 1.95 bits per heavy atom. The fourth-order valence-electron chi connectivity index (χ4n) is 2.77. The molecule has 0 atom stereocenters. The number of carboxylic acid groups (broad SMARTS) is 1. The number of phenols is 1. The first-order valence-corrected chi connectivity index (χ1v) is 6.76. The molecule has 0 spiro atoms. The lowest BCUT2D eigenvalue weighted by atomic mass is 9.86. The highest BCUT2D eigenvalue weighted by atomic mass is 16.4. The monoisotopic (exact) mass is 277 g/mol. The molecule has 108 valence electrons. The third-order valence-corrected chi connectivity index (χ3v) is 4.06. The Balaban J connectivity index is 2.06. The number of hydrogen-bond acceptors (Lipinski definition) is 3. The highest BCUT2D eigenvalue weighted by Gasteiger charge is 2.41. The van der Waals surface area contributed by atoms with Crippen LogP contribution in [0.25, 0.3) is 0 Å². The molecule has 1 saturated carbocycles. The fourth-order valence-corrected chi connectivity index (χ4v) is 2.77. The van der Waals surface area contributed by atoms with Crippen LogP contribution in [0, 0.1) is 12.3 Å². The van der Waals surface area contributed by atoms with Crippen LogP contribution < -0.4 is 5.32 Å². The lowest BCUT2D eigenvalue weighted by Gasteiger charge is -2.24. The number of rotatable bonds is 4. The Bertz CT molecular complexity index is 533. The molecule has 1 aromatic rings. The van der Waals surface area contributed by atoms with Gasteiger partial charge in [0.15, 0.2) is 0 Å². The summed E-state index contributed by atoms with van der Waals surface area (Å²) in [5.74, 6) is -1.02. The minimum atomic E-state index is -0.835. The van der Waals surface area contributed by atoms with Gasteiger partial charge >= 0.3 is 5.97 Å². The number of phenolic OH excluding ortho intramolecular Hbond substituents is 1. The predicted octanol–water partition coefficient (Wildman–Crippen LogP) is 2.08. The van der Waals surface area contributed by atoms with Crippen molar-refractivity contribution in [2.75, 3.05) is 6.54 Å². The van der Waals surface area contributed by atoms with E-state index < -0.39 is 11.4 Å². The normalized spacial score (nSPS) is 16.9. The summed E-state index contributed by atoms with van der Waals surface area (Å²) in [7, 11) is 0. The van der Waals surface area contributed by atoms with E-state index in [1.165, 1.54) is 12.1 Å². The summed E-state index contributed by atoms with van der Waals surface area (Å²) >= 11 is 0. The van der Waals surface area contributed by atoms with E-state index in [-0.39, 0.29) is 18.2 Å². The molecule has 1 aliphatic rings. The molecule has 0 saturated heterocycles. The minimum absolute atomic E-state index is 0.108. The predicted molar refractivity (Wildman–Crippen MR) is 73.7 cm³/mol. The highest BCUT2D eigenvalue weighted by molar-refractivity contribution is 5.96. The average molecular weight is 277 g/mol. The number of carbonyl (C=O) groups excluding carboxylic acids is 1. The molecular formula is C15H19NO4. The van der Waals surface area contributed by atoms with Crippen LogP contribution in [0.3, 0.4) is 0 Å². The number of carboxylic acids is 1. The van der Waals surface area contributed by atoms with E-state index in [2.05, 4.69) is 5.32 Å². The van der Waals surface area contributed by atoms with Crippen molar-refractivity contribution in [2.45, 2.75) is 32.6 Å². The van der Waals surface area contributed by atoms with Gasteiger partial charge in [0.1, 0.15) is 5.75 Å². The molecule has 1 amide bonds. The van der Waals surface area contributed by atoms with E-state index in [0.717, 1.165) is 12.8 Å². The topological polar surface area (TPSA) is 86.6 Å². The molecule has 0 heterocycles. The van der Waals surface area contributed by atoms with E-state index >= 15 is 0 Å². The van der Waals surface area contributed by atoms with Crippen molar-refractivity contribution in [1.29, 1.82) is 0 Å². The van der Waals surface area contributed by atoms with Crippen molar-refractivity contribution in [3.8, 4) is 5.75 Å². The minimum Gasteiger partial charge on any atom is -0.508 e. The number of benzene rings is 1. The molecule has 1 fully saturated rings. The molecule has 5 heteroatoms. The number of aryl methyl sites for hydroxylation is 1. The van der Waals surface area contributed by atoms with Crippen molar-refractivity contribution < 1.29 is 19.8 Å². The molecule has 0 unspecified atom stereocenters. The van der Waals surface area contributed by atoms with Crippen LogP contribution >= 0.6 is 0 Å². The van der Waals surface area contributed by atoms with E-state index in [1.807, 2.05) is 0 Å². The number of amides is 1. The molecular weight excluding hydrogens is 258 g/mol. The molecule has 5 nitrogen and oxygen atoms in total. The van der Waals surface area contributed by atoms with E-state index in [1.54, 1.807) is 13.0 Å². The van der Waals surface area contributed by atoms with Gasteiger partial charge in [-0.25, -0.2) is 0 Å². The third-order valence-electron chi connectivity index (χ3n) is 4.06. The summed E-state index contributed by atoms with van der Waals surface area (Å²) < 4.78 is 0. The second-order valence-electron chi connectivity index (χ2n) is 5.47. The van der Waals surface area contributed by atoms with Gasteiger partial charge < -0.3 is 15.5 Å². The number of nitrogens with one attached hydrogen (secondary N) is 1. The number of aromatic hydroxyl groups is 1. The molecule has 0 aromatic heterocycles. The maximum absolute atomic E-state index is 12.1. The van der Waals surface area contributed by atoms with E-state index in [9.17, 15) is 19.8 Å². The van der Waals surface area contributed by atoms with Crippen LogP contribution in [0.5, 0.6) is 5.75 Å². The van der Waals surface area contributed by atoms with Gasteiger partial charge in [-0.15, -0.1) is 0 Å². The first-order valence-electron chi connectivity index (χ1n) is 6.76. The fraction of sp³-hybridized carbons (Fsp3) is 0.467. The molecule has 0 aliphatic heterocycles. The molecule has 3 N–H and O–H groups in total. The van der Waals surface area contributed by atoms with Crippen LogP contribution in [-0.4, -0.2) is 28.6 Å². The van der Waals surface area contributed by atoms with Gasteiger partial charge in [0.25, 0.3) is 5.91 Å². The molecule has 0 radical (unpaired) electrons. The van der Waals surface area contributed by atoms with Gasteiger partial charge in [0, 0.05) is 12.1 Å². The number of carbonyl (C=O) groups is 2. The summed E-state index contributed by atoms with van der Waals surface area (Å²) in [6.07, 6.45) is 3.00. The third kappa shape index (κ3) is 2.76. The highest BCUT2D eigenvalue weighted by Crippen LogP contribution is 2.37. The summed E-state index contributed by atoms with van der Waals surface area (Å²) in [4.78, 5) is 23.5. The zero-order valence-corrected chi connectivity index (χ0v) is 11.5. The zero-order valence-electron chi connectivity index (χ0n) is 11.5. The lowest BCUT2D eigenvalue weighted by Crippen LogP contribution is -2.41. The summed E-state index contributed by atoms with van der Waals surface area (Å²) in [5.41, 5.74) is 0.306. The smallest absolute Gasteiger partial charge is 0.311 e. The summed E-state index contributed by atoms with van der Waals surface area (Å²) in [5, 5.41) is 21.4. The van der Waals surface area contributed by atoms with Crippen molar-refractivity contribution in [1.82, 2.24) is 5.32 Å². The maximum Gasteiger partial charge on any atom is 0.311 e. The van der Waals surface area contributed by atoms with Crippen LogP contribution in [0.1, 0.15) is 41.6 Å². The lowest BCUT2D eigenvalue weighted by molar-refractivity contribution is -0.148. The Hall–Kier alpha value is -2.04. The second kappa shape index (κ2) is 5.53. The van der Waals surface area contributed by atoms with Gasteiger partial charge in [0.2, 0.25) is 0 Å². The SMILES string of the molecule is Cc1cc(O)ccc1C(=O)NCC1(C(=O)O)CCCC1. The molecule has 20 heavy (non-hydrogen) atoms. The van der Waals surface area contributed by atoms with Gasteiger partial charge in [0.05, 0.1) is 5.41 Å². The molecule has 1 aliphatic carbocycles. The summed E-state index contributed by atoms with van der Waals surface area (Å²) in [6.45, 7) is 1.89. The first-order chi connectivity index (χ1) is 9.44. The first kappa shape index (κ1) is 14.4. The maximum atomic E-state index is 12.1. The quantitative estimate of drug-likeness (QED) is 0.786. The van der Waals surface area contributed by atoms with E-state index in [0.29, 0.717) is 24.0 Å². The Kier molecular flexibility index (Phi) is 3.97. The zero-order chi connectivity index (χ0) is 14.8.